The third kappa shape index (κ3) is 1.91. The zero-order chi connectivity index (χ0) is 13.4. The number of nitrogens with one attached hydrogen (secondary N) is 1. The molecule has 1 N–H and O–H groups in total. The fourth-order valence-corrected chi connectivity index (χ4v) is 2.11. The van der Waals surface area contributed by atoms with Crippen LogP contribution in [0.5, 0.6) is 0 Å². The summed E-state index contributed by atoms with van der Waals surface area (Å²) in [7, 11) is 0. The summed E-state index contributed by atoms with van der Waals surface area (Å²) in [5.74, 6) is -0.498. The zero-order valence-corrected chi connectivity index (χ0v) is 10.4. The van der Waals surface area contributed by atoms with Gasteiger partial charge in [-0.2, -0.15) is 0 Å². The van der Waals surface area contributed by atoms with Gasteiger partial charge in [0, 0.05) is 12.5 Å². The van der Waals surface area contributed by atoms with E-state index in [9.17, 15) is 9.59 Å². The van der Waals surface area contributed by atoms with E-state index in [-0.39, 0.29) is 24.5 Å². The van der Waals surface area contributed by atoms with E-state index >= 15 is 0 Å². The van der Waals surface area contributed by atoms with Crippen LogP contribution in [-0.4, -0.2) is 33.8 Å². The van der Waals surface area contributed by atoms with Crippen LogP contribution in [0.4, 0.5) is 0 Å². The summed E-state index contributed by atoms with van der Waals surface area (Å²) in [5, 5.41) is 2.71. The summed E-state index contributed by atoms with van der Waals surface area (Å²) in [6.45, 7) is 2.82. The number of nitrogens with zero attached hydrogens (tertiary/aromatic N) is 2. The fourth-order valence-electron chi connectivity index (χ4n) is 2.11. The first-order valence-corrected chi connectivity index (χ1v) is 6.09. The van der Waals surface area contributed by atoms with Crippen LogP contribution in [0.15, 0.2) is 10.9 Å². The molecule has 0 bridgehead atoms. The Hall–Kier alpha value is -2.15. The Kier molecular flexibility index (Phi) is 2.83. The summed E-state index contributed by atoms with van der Waals surface area (Å²) in [5.41, 5.74) is 1.70. The lowest BCUT2D eigenvalue weighted by Crippen LogP contribution is -2.27. The first kappa shape index (κ1) is 11.9. The van der Waals surface area contributed by atoms with Crippen molar-refractivity contribution in [2.75, 3.05) is 13.2 Å². The van der Waals surface area contributed by atoms with Crippen LogP contribution < -0.4 is 5.56 Å². The smallest absolute Gasteiger partial charge is 0.356 e. The van der Waals surface area contributed by atoms with E-state index in [0.29, 0.717) is 24.2 Å². The summed E-state index contributed by atoms with van der Waals surface area (Å²) >= 11 is 0. The Bertz CT molecular complexity index is 701. The van der Waals surface area contributed by atoms with Gasteiger partial charge >= 0.3 is 5.97 Å². The molecule has 2 aromatic heterocycles. The zero-order valence-electron chi connectivity index (χ0n) is 10.4. The van der Waals surface area contributed by atoms with Crippen LogP contribution in [-0.2, 0) is 22.5 Å². The first-order valence-electron chi connectivity index (χ1n) is 6.09. The van der Waals surface area contributed by atoms with Crippen molar-refractivity contribution in [1.82, 2.24) is 14.6 Å². The minimum Gasteiger partial charge on any atom is -0.461 e. The minimum absolute atomic E-state index is 0.217. The number of hydrogen-bond donors (Lipinski definition) is 1. The molecule has 0 spiro atoms. The number of aromatic amines is 1. The maximum absolute atomic E-state index is 12.2. The fraction of sp³-hybridized carbons (Fsp3) is 0.417. The quantitative estimate of drug-likeness (QED) is 0.786. The standard InChI is InChI=1S/C12H13N3O4/c1-2-19-12(17)9-5-10-13-8-3-4-18-6-7(8)11(16)15(10)14-9/h5,14H,2-4,6H2,1H3. The molecule has 0 saturated carbocycles. The van der Waals surface area contributed by atoms with Crippen molar-refractivity contribution < 1.29 is 14.3 Å². The highest BCUT2D eigenvalue weighted by Gasteiger charge is 2.19. The Morgan fingerprint density at radius 1 is 1.63 bits per heavy atom. The van der Waals surface area contributed by atoms with Crippen molar-refractivity contribution in [2.45, 2.75) is 20.0 Å². The highest BCUT2D eigenvalue weighted by atomic mass is 16.5. The minimum atomic E-state index is -0.498. The van der Waals surface area contributed by atoms with E-state index < -0.39 is 5.97 Å². The Labute approximate surface area is 108 Å². The van der Waals surface area contributed by atoms with Crippen molar-refractivity contribution in [3.05, 3.63) is 33.4 Å². The third-order valence-corrected chi connectivity index (χ3v) is 3.02. The Morgan fingerprint density at radius 2 is 2.47 bits per heavy atom. The molecular weight excluding hydrogens is 250 g/mol. The van der Waals surface area contributed by atoms with Gasteiger partial charge in [0.2, 0.25) is 0 Å². The lowest BCUT2D eigenvalue weighted by molar-refractivity contribution is 0.0519. The molecule has 100 valence electrons. The summed E-state index contributed by atoms with van der Waals surface area (Å²) in [6, 6.07) is 1.52. The first-order chi connectivity index (χ1) is 9.20. The Balaban J connectivity index is 2.15. The molecule has 0 radical (unpaired) electrons. The number of hydrogen-bond acceptors (Lipinski definition) is 5. The molecule has 0 fully saturated rings. The molecular formula is C12H13N3O4. The summed E-state index contributed by atoms with van der Waals surface area (Å²) in [6.07, 6.45) is 0.612. The molecule has 0 saturated heterocycles. The number of carbonyl (C=O) groups is 1. The normalized spacial score (nSPS) is 14.4. The van der Waals surface area contributed by atoms with Gasteiger partial charge in [-0.3, -0.25) is 9.89 Å². The van der Waals surface area contributed by atoms with E-state index in [1.54, 1.807) is 6.92 Å². The van der Waals surface area contributed by atoms with Crippen LogP contribution in [0.2, 0.25) is 0 Å². The molecule has 0 aromatic carbocycles. The predicted molar refractivity (Wildman–Crippen MR) is 65.1 cm³/mol. The molecule has 7 heteroatoms. The molecule has 0 atom stereocenters. The van der Waals surface area contributed by atoms with Crippen LogP contribution in [0.3, 0.4) is 0 Å². The average molecular weight is 263 g/mol. The second-order valence-electron chi connectivity index (χ2n) is 4.23. The molecule has 0 aliphatic carbocycles. The lowest BCUT2D eigenvalue weighted by Gasteiger charge is -2.14. The average Bonchev–Trinajstić information content (AvgIpc) is 2.84. The van der Waals surface area contributed by atoms with E-state index in [1.165, 1.54) is 10.6 Å². The van der Waals surface area contributed by atoms with Crippen molar-refractivity contribution >= 4 is 11.6 Å². The van der Waals surface area contributed by atoms with Crippen molar-refractivity contribution in [3.63, 3.8) is 0 Å². The number of carbonyl (C=O) groups excluding carboxylic acids is 1. The summed E-state index contributed by atoms with van der Waals surface area (Å²) in [4.78, 5) is 28.2. The van der Waals surface area contributed by atoms with Gasteiger partial charge in [-0.05, 0) is 6.92 Å². The van der Waals surface area contributed by atoms with E-state index in [2.05, 4.69) is 10.1 Å². The highest BCUT2D eigenvalue weighted by molar-refractivity contribution is 5.88. The molecule has 3 rings (SSSR count). The monoisotopic (exact) mass is 263 g/mol. The van der Waals surface area contributed by atoms with Gasteiger partial charge in [0.25, 0.3) is 5.56 Å². The highest BCUT2D eigenvalue weighted by Crippen LogP contribution is 2.13. The second kappa shape index (κ2) is 4.51. The van der Waals surface area contributed by atoms with Gasteiger partial charge in [0.05, 0.1) is 31.1 Å². The number of rotatable bonds is 2. The molecule has 0 unspecified atom stereocenters. The summed E-state index contributed by atoms with van der Waals surface area (Å²) < 4.78 is 11.4. The van der Waals surface area contributed by atoms with Gasteiger partial charge in [0.15, 0.2) is 5.65 Å². The molecule has 3 heterocycles. The van der Waals surface area contributed by atoms with Crippen molar-refractivity contribution in [3.8, 4) is 0 Å². The van der Waals surface area contributed by atoms with Gasteiger partial charge in [-0.15, -0.1) is 0 Å². The third-order valence-electron chi connectivity index (χ3n) is 3.02. The molecule has 7 nitrogen and oxygen atoms in total. The largest absolute Gasteiger partial charge is 0.461 e. The van der Waals surface area contributed by atoms with Gasteiger partial charge in [-0.1, -0.05) is 0 Å². The van der Waals surface area contributed by atoms with Crippen molar-refractivity contribution in [2.24, 2.45) is 0 Å². The molecule has 2 aromatic rings. The second-order valence-corrected chi connectivity index (χ2v) is 4.23. The maximum atomic E-state index is 12.2. The number of aromatic nitrogens is 3. The van der Waals surface area contributed by atoms with Gasteiger partial charge in [0.1, 0.15) is 5.69 Å². The topological polar surface area (TPSA) is 85.7 Å². The van der Waals surface area contributed by atoms with Crippen LogP contribution in [0.1, 0.15) is 28.7 Å². The lowest BCUT2D eigenvalue weighted by atomic mass is 10.1. The number of fused-ring (bicyclic) bond motifs is 2. The maximum Gasteiger partial charge on any atom is 0.356 e. The predicted octanol–water partition coefficient (Wildman–Crippen LogP) is 0.272. The van der Waals surface area contributed by atoms with Gasteiger partial charge in [-0.25, -0.2) is 14.3 Å². The molecule has 0 amide bonds. The molecule has 19 heavy (non-hydrogen) atoms. The van der Waals surface area contributed by atoms with Crippen molar-refractivity contribution in [1.29, 1.82) is 0 Å². The molecule has 1 aliphatic rings. The van der Waals surface area contributed by atoms with E-state index in [4.69, 9.17) is 9.47 Å². The van der Waals surface area contributed by atoms with Crippen LogP contribution >= 0.6 is 0 Å². The molecule has 1 aliphatic heterocycles. The number of H-pyrrole nitrogens is 1. The number of esters is 1. The van der Waals surface area contributed by atoms with E-state index in [0.717, 1.165) is 5.69 Å². The van der Waals surface area contributed by atoms with E-state index in [1.807, 2.05) is 0 Å². The Morgan fingerprint density at radius 3 is 3.26 bits per heavy atom. The SMILES string of the molecule is CCOC(=O)c1cc2nc3c(c(=O)n2[nH]1)COCC3. The van der Waals surface area contributed by atoms with Crippen LogP contribution in [0, 0.1) is 0 Å². The number of ether oxygens (including phenoxy) is 2. The van der Waals surface area contributed by atoms with Gasteiger partial charge < -0.3 is 9.47 Å². The van der Waals surface area contributed by atoms with Crippen LogP contribution in [0.25, 0.3) is 5.65 Å².